The Hall–Kier alpha value is -2.50. The van der Waals surface area contributed by atoms with Crippen LogP contribution in [-0.2, 0) is 14.8 Å². The lowest BCUT2D eigenvalue weighted by Crippen LogP contribution is -2.48. The number of methoxy groups -OCH3 is 1. The van der Waals surface area contributed by atoms with Gasteiger partial charge in [-0.1, -0.05) is 0 Å². The van der Waals surface area contributed by atoms with Gasteiger partial charge >= 0.3 is 0 Å². The number of morpholine rings is 1. The summed E-state index contributed by atoms with van der Waals surface area (Å²) in [6, 6.07) is 5.48. The van der Waals surface area contributed by atoms with Gasteiger partial charge in [0, 0.05) is 45.3 Å². The highest BCUT2D eigenvalue weighted by Gasteiger charge is 2.31. The highest BCUT2D eigenvalue weighted by Crippen LogP contribution is 2.29. The standard InChI is InChI=1S/C19H24FN5O4S/c1-28-17-3-2-15(20)12-18(17)30(26,27)25-6-4-23(5-7-25)16-13-19(22-21-14-16)24-8-10-29-11-9-24/h2-3,12-14H,4-11H2,1H3. The first-order chi connectivity index (χ1) is 14.5. The lowest BCUT2D eigenvalue weighted by Gasteiger charge is -2.35. The van der Waals surface area contributed by atoms with Gasteiger partial charge in [-0.2, -0.15) is 9.40 Å². The monoisotopic (exact) mass is 437 g/mol. The molecule has 30 heavy (non-hydrogen) atoms. The molecule has 0 saturated carbocycles. The van der Waals surface area contributed by atoms with Gasteiger partial charge in [-0.05, 0) is 18.2 Å². The van der Waals surface area contributed by atoms with Crippen LogP contribution in [0.15, 0.2) is 35.4 Å². The predicted molar refractivity (Wildman–Crippen MR) is 109 cm³/mol. The summed E-state index contributed by atoms with van der Waals surface area (Å²) >= 11 is 0. The molecule has 0 atom stereocenters. The Bertz CT molecular complexity index is 992. The number of ether oxygens (including phenoxy) is 2. The molecule has 2 aliphatic heterocycles. The van der Waals surface area contributed by atoms with Crippen molar-refractivity contribution in [2.45, 2.75) is 4.90 Å². The maximum Gasteiger partial charge on any atom is 0.246 e. The molecule has 0 N–H and O–H groups in total. The van der Waals surface area contributed by atoms with Crippen molar-refractivity contribution in [2.24, 2.45) is 0 Å². The molecular formula is C19H24FN5O4S. The topological polar surface area (TPSA) is 88.1 Å². The van der Waals surface area contributed by atoms with E-state index in [1.54, 1.807) is 6.20 Å². The molecule has 4 rings (SSSR count). The SMILES string of the molecule is COc1ccc(F)cc1S(=O)(=O)N1CCN(c2cnnc(N3CCOCC3)c2)CC1. The zero-order valence-electron chi connectivity index (χ0n) is 16.7. The maximum absolute atomic E-state index is 13.7. The van der Waals surface area contributed by atoms with Gasteiger partial charge in [0.25, 0.3) is 0 Å². The van der Waals surface area contributed by atoms with E-state index in [0.29, 0.717) is 26.3 Å². The molecule has 0 spiro atoms. The minimum atomic E-state index is -3.87. The number of sulfonamides is 1. The Morgan fingerprint density at radius 3 is 2.47 bits per heavy atom. The number of anilines is 2. The van der Waals surface area contributed by atoms with Gasteiger partial charge in [0.2, 0.25) is 10.0 Å². The van der Waals surface area contributed by atoms with E-state index in [0.717, 1.165) is 30.7 Å². The number of aromatic nitrogens is 2. The van der Waals surface area contributed by atoms with Crippen LogP contribution < -0.4 is 14.5 Å². The summed E-state index contributed by atoms with van der Waals surface area (Å²) in [5.41, 5.74) is 0.895. The van der Waals surface area contributed by atoms with Crippen LogP contribution in [0.25, 0.3) is 0 Å². The Morgan fingerprint density at radius 1 is 1.03 bits per heavy atom. The van der Waals surface area contributed by atoms with E-state index in [1.165, 1.54) is 23.5 Å². The molecule has 0 bridgehead atoms. The summed E-state index contributed by atoms with van der Waals surface area (Å²) in [5.74, 6) is 0.300. The van der Waals surface area contributed by atoms with Crippen LogP contribution in [-0.4, -0.2) is 82.5 Å². The minimum Gasteiger partial charge on any atom is -0.495 e. The molecule has 0 aliphatic carbocycles. The van der Waals surface area contributed by atoms with Crippen molar-refractivity contribution < 1.29 is 22.3 Å². The number of rotatable bonds is 5. The van der Waals surface area contributed by atoms with Crippen molar-refractivity contribution in [3.8, 4) is 5.75 Å². The zero-order valence-corrected chi connectivity index (χ0v) is 17.5. The molecule has 9 nitrogen and oxygen atoms in total. The van der Waals surface area contributed by atoms with Crippen molar-refractivity contribution in [2.75, 3.05) is 69.4 Å². The van der Waals surface area contributed by atoms with Crippen LogP contribution in [0.5, 0.6) is 5.75 Å². The van der Waals surface area contributed by atoms with E-state index in [4.69, 9.17) is 9.47 Å². The van der Waals surface area contributed by atoms with Crippen molar-refractivity contribution in [3.05, 3.63) is 36.3 Å². The molecule has 3 heterocycles. The van der Waals surface area contributed by atoms with Gasteiger partial charge in [0.15, 0.2) is 5.82 Å². The summed E-state index contributed by atoms with van der Waals surface area (Å²) in [6.45, 7) is 4.38. The number of piperazine rings is 1. The van der Waals surface area contributed by atoms with Crippen LogP contribution in [0.4, 0.5) is 15.9 Å². The summed E-state index contributed by atoms with van der Waals surface area (Å²) in [7, 11) is -2.50. The van der Waals surface area contributed by atoms with Gasteiger partial charge in [0.1, 0.15) is 16.5 Å². The van der Waals surface area contributed by atoms with E-state index in [-0.39, 0.29) is 23.7 Å². The molecule has 162 valence electrons. The Balaban J connectivity index is 1.47. The lowest BCUT2D eigenvalue weighted by molar-refractivity contribution is 0.122. The fourth-order valence-electron chi connectivity index (χ4n) is 3.64. The third kappa shape index (κ3) is 4.18. The first-order valence-electron chi connectivity index (χ1n) is 9.73. The smallest absolute Gasteiger partial charge is 0.246 e. The van der Waals surface area contributed by atoms with E-state index in [9.17, 15) is 12.8 Å². The van der Waals surface area contributed by atoms with Crippen LogP contribution in [0.3, 0.4) is 0 Å². The molecule has 1 aromatic carbocycles. The zero-order chi connectivity index (χ0) is 21.1. The molecule has 2 fully saturated rings. The molecule has 1 aromatic heterocycles. The van der Waals surface area contributed by atoms with Crippen molar-refractivity contribution in [1.82, 2.24) is 14.5 Å². The van der Waals surface area contributed by atoms with Crippen molar-refractivity contribution in [3.63, 3.8) is 0 Å². The first-order valence-corrected chi connectivity index (χ1v) is 11.2. The molecule has 11 heteroatoms. The van der Waals surface area contributed by atoms with Gasteiger partial charge in [-0.25, -0.2) is 12.8 Å². The summed E-state index contributed by atoms with van der Waals surface area (Å²) < 4.78 is 51.6. The van der Waals surface area contributed by atoms with Crippen LogP contribution in [0, 0.1) is 5.82 Å². The fraction of sp³-hybridized carbons (Fsp3) is 0.474. The quantitative estimate of drug-likeness (QED) is 0.684. The van der Waals surface area contributed by atoms with Crippen molar-refractivity contribution in [1.29, 1.82) is 0 Å². The highest BCUT2D eigenvalue weighted by atomic mass is 32.2. The minimum absolute atomic E-state index is 0.132. The van der Waals surface area contributed by atoms with Crippen molar-refractivity contribution >= 4 is 21.5 Å². The third-order valence-corrected chi connectivity index (χ3v) is 7.23. The summed E-state index contributed by atoms with van der Waals surface area (Å²) in [5, 5.41) is 8.34. The second-order valence-corrected chi connectivity index (χ2v) is 8.96. The van der Waals surface area contributed by atoms with E-state index in [2.05, 4.69) is 20.0 Å². The Morgan fingerprint density at radius 2 is 1.77 bits per heavy atom. The predicted octanol–water partition coefficient (Wildman–Crippen LogP) is 0.972. The second kappa shape index (κ2) is 8.70. The fourth-order valence-corrected chi connectivity index (χ4v) is 5.23. The third-order valence-electron chi connectivity index (χ3n) is 5.31. The number of hydrogen-bond acceptors (Lipinski definition) is 8. The highest BCUT2D eigenvalue weighted by molar-refractivity contribution is 7.89. The molecule has 2 saturated heterocycles. The van der Waals surface area contributed by atoms with E-state index >= 15 is 0 Å². The lowest BCUT2D eigenvalue weighted by atomic mass is 10.3. The largest absolute Gasteiger partial charge is 0.495 e. The van der Waals surface area contributed by atoms with Crippen LogP contribution >= 0.6 is 0 Å². The van der Waals surface area contributed by atoms with Crippen LogP contribution in [0.1, 0.15) is 0 Å². The maximum atomic E-state index is 13.7. The Labute approximate surface area is 175 Å². The van der Waals surface area contributed by atoms with Gasteiger partial charge in [-0.15, -0.1) is 5.10 Å². The molecule has 0 radical (unpaired) electrons. The molecule has 2 aromatic rings. The van der Waals surface area contributed by atoms with Gasteiger partial charge < -0.3 is 19.3 Å². The number of halogens is 1. The molecule has 2 aliphatic rings. The van der Waals surface area contributed by atoms with E-state index < -0.39 is 15.8 Å². The Kier molecular flexibility index (Phi) is 6.02. The average molecular weight is 437 g/mol. The number of hydrogen-bond donors (Lipinski definition) is 0. The summed E-state index contributed by atoms with van der Waals surface area (Å²) in [4.78, 5) is 4.04. The average Bonchev–Trinajstić information content (AvgIpc) is 2.80. The molecule has 0 amide bonds. The number of benzene rings is 1. The summed E-state index contributed by atoms with van der Waals surface area (Å²) in [6.07, 6.45) is 1.68. The van der Waals surface area contributed by atoms with Gasteiger partial charge in [0.05, 0.1) is 32.2 Å². The second-order valence-electron chi connectivity index (χ2n) is 7.06. The molecular weight excluding hydrogens is 413 g/mol. The molecule has 0 unspecified atom stereocenters. The van der Waals surface area contributed by atoms with Crippen LogP contribution in [0.2, 0.25) is 0 Å². The first kappa shape index (κ1) is 20.8. The van der Waals surface area contributed by atoms with E-state index in [1.807, 2.05) is 6.07 Å². The normalized spacial score (nSPS) is 18.5. The number of nitrogens with zero attached hydrogens (tertiary/aromatic N) is 5. The van der Waals surface area contributed by atoms with Gasteiger partial charge in [-0.3, -0.25) is 0 Å².